The van der Waals surface area contributed by atoms with E-state index in [4.69, 9.17) is 0 Å². The number of hydrogen-bond donors (Lipinski definition) is 0. The first-order chi connectivity index (χ1) is 5.57. The molecule has 0 aliphatic rings. The van der Waals surface area contributed by atoms with Crippen molar-refractivity contribution in [3.05, 3.63) is 0 Å². The Morgan fingerprint density at radius 1 is 1.50 bits per heavy atom. The van der Waals surface area contributed by atoms with Gasteiger partial charge in [0.1, 0.15) is 0 Å². The molecule has 0 bridgehead atoms. The molecule has 0 aromatic carbocycles. The minimum Gasteiger partial charge on any atom is -0.466 e. The maximum Gasteiger partial charge on any atom is 0.306 e. The van der Waals surface area contributed by atoms with Crippen LogP contribution in [0.1, 0.15) is 26.7 Å². The van der Waals surface area contributed by atoms with Crippen molar-refractivity contribution in [2.24, 2.45) is 5.92 Å². The Morgan fingerprint density at radius 3 is 2.50 bits per heavy atom. The molecule has 0 N–H and O–H groups in total. The molecule has 12 heavy (non-hydrogen) atoms. The van der Waals surface area contributed by atoms with Gasteiger partial charge in [0, 0.05) is 0 Å². The zero-order valence-electron chi connectivity index (χ0n) is 7.30. The van der Waals surface area contributed by atoms with E-state index >= 15 is 0 Å². The van der Waals surface area contributed by atoms with Crippen molar-refractivity contribution in [1.82, 2.24) is 0 Å². The summed E-state index contributed by atoms with van der Waals surface area (Å²) in [5.41, 5.74) is 0. The van der Waals surface area contributed by atoms with Crippen molar-refractivity contribution in [2.75, 3.05) is 6.61 Å². The first kappa shape index (κ1) is 11.1. The molecule has 0 amide bonds. The fourth-order valence-corrected chi connectivity index (χ4v) is 0.605. The number of esters is 1. The van der Waals surface area contributed by atoms with Gasteiger partial charge in [-0.05, 0) is 6.42 Å². The van der Waals surface area contributed by atoms with Crippen LogP contribution in [0.25, 0.3) is 0 Å². The van der Waals surface area contributed by atoms with Crippen LogP contribution >= 0.6 is 0 Å². The van der Waals surface area contributed by atoms with Crippen LogP contribution in [0.2, 0.25) is 0 Å². The Morgan fingerprint density at radius 2 is 2.08 bits per heavy atom. The second kappa shape index (κ2) is 5.69. The SMILES string of the molecule is CCCOC(=O)CC(C)C(=O)F. The molecule has 0 aliphatic carbocycles. The lowest BCUT2D eigenvalue weighted by atomic mass is 10.1. The maximum atomic E-state index is 11.9. The molecule has 0 radical (unpaired) electrons. The summed E-state index contributed by atoms with van der Waals surface area (Å²) in [6.07, 6.45) is 0.555. The third kappa shape index (κ3) is 4.82. The van der Waals surface area contributed by atoms with Crippen LogP contribution in [0.15, 0.2) is 0 Å². The molecule has 0 aliphatic heterocycles. The molecule has 0 fully saturated rings. The largest absolute Gasteiger partial charge is 0.466 e. The number of rotatable bonds is 5. The first-order valence-corrected chi connectivity index (χ1v) is 3.92. The van der Waals surface area contributed by atoms with E-state index in [1.807, 2.05) is 6.92 Å². The van der Waals surface area contributed by atoms with Crippen molar-refractivity contribution >= 4 is 12.0 Å². The summed E-state index contributed by atoms with van der Waals surface area (Å²) in [5, 5.41) is 0. The summed E-state index contributed by atoms with van der Waals surface area (Å²) < 4.78 is 16.6. The van der Waals surface area contributed by atoms with Gasteiger partial charge in [0.2, 0.25) is 0 Å². The lowest BCUT2D eigenvalue weighted by molar-refractivity contribution is -0.148. The predicted molar refractivity (Wildman–Crippen MR) is 41.1 cm³/mol. The number of carbonyl (C=O) groups excluding carboxylic acids is 2. The molecule has 0 heterocycles. The molecule has 0 aromatic rings. The first-order valence-electron chi connectivity index (χ1n) is 3.92. The van der Waals surface area contributed by atoms with Crippen molar-refractivity contribution in [3.63, 3.8) is 0 Å². The topological polar surface area (TPSA) is 43.4 Å². The average molecular weight is 176 g/mol. The molecule has 70 valence electrons. The highest BCUT2D eigenvalue weighted by Gasteiger charge is 2.16. The molecular weight excluding hydrogens is 163 g/mol. The molecule has 4 heteroatoms. The van der Waals surface area contributed by atoms with Crippen LogP contribution in [-0.4, -0.2) is 18.6 Å². The van der Waals surface area contributed by atoms with Gasteiger partial charge in [0.05, 0.1) is 18.9 Å². The molecule has 3 nitrogen and oxygen atoms in total. The minimum absolute atomic E-state index is 0.171. The van der Waals surface area contributed by atoms with E-state index in [0.29, 0.717) is 6.61 Å². The Hall–Kier alpha value is -0.930. The zero-order valence-corrected chi connectivity index (χ0v) is 7.30. The third-order valence-corrected chi connectivity index (χ3v) is 1.33. The standard InChI is InChI=1S/C8H13FO3/c1-3-4-12-7(10)5-6(2)8(9)11/h6H,3-5H2,1-2H3. The van der Waals surface area contributed by atoms with E-state index < -0.39 is 17.9 Å². The van der Waals surface area contributed by atoms with Crippen LogP contribution in [0.3, 0.4) is 0 Å². The number of hydrogen-bond acceptors (Lipinski definition) is 3. The third-order valence-electron chi connectivity index (χ3n) is 1.33. The number of carbonyl (C=O) groups is 2. The van der Waals surface area contributed by atoms with Gasteiger partial charge in [-0.1, -0.05) is 13.8 Å². The van der Waals surface area contributed by atoms with Crippen LogP contribution in [0, 0.1) is 5.92 Å². The van der Waals surface area contributed by atoms with E-state index in [0.717, 1.165) is 6.42 Å². The predicted octanol–water partition coefficient (Wildman–Crippen LogP) is 1.46. The average Bonchev–Trinajstić information content (AvgIpc) is 2.00. The van der Waals surface area contributed by atoms with E-state index in [-0.39, 0.29) is 6.42 Å². The Labute approximate surface area is 70.9 Å². The van der Waals surface area contributed by atoms with Gasteiger partial charge in [0.15, 0.2) is 0 Å². The molecule has 0 saturated heterocycles. The summed E-state index contributed by atoms with van der Waals surface area (Å²) in [6.45, 7) is 3.54. The number of halogens is 1. The highest BCUT2D eigenvalue weighted by atomic mass is 19.1. The Balaban J connectivity index is 3.61. The van der Waals surface area contributed by atoms with Crippen LogP contribution < -0.4 is 0 Å². The van der Waals surface area contributed by atoms with Gasteiger partial charge in [-0.2, -0.15) is 4.39 Å². The Kier molecular flexibility index (Phi) is 5.25. The fraction of sp³-hybridized carbons (Fsp3) is 0.750. The molecule has 0 rings (SSSR count). The van der Waals surface area contributed by atoms with E-state index in [1.54, 1.807) is 0 Å². The lowest BCUT2D eigenvalue weighted by Gasteiger charge is -2.04. The molecule has 0 aromatic heterocycles. The second-order valence-corrected chi connectivity index (χ2v) is 2.63. The molecular formula is C8H13FO3. The van der Waals surface area contributed by atoms with Gasteiger partial charge < -0.3 is 4.74 Å². The Bertz CT molecular complexity index is 168. The highest BCUT2D eigenvalue weighted by molar-refractivity contribution is 5.78. The van der Waals surface area contributed by atoms with E-state index in [1.165, 1.54) is 6.92 Å². The van der Waals surface area contributed by atoms with Crippen LogP contribution in [-0.2, 0) is 14.3 Å². The minimum atomic E-state index is -1.47. The summed E-state index contributed by atoms with van der Waals surface area (Å²) in [4.78, 5) is 20.9. The zero-order chi connectivity index (χ0) is 9.56. The summed E-state index contributed by atoms with van der Waals surface area (Å²) in [5.74, 6) is -1.40. The van der Waals surface area contributed by atoms with Crippen molar-refractivity contribution in [3.8, 4) is 0 Å². The smallest absolute Gasteiger partial charge is 0.306 e. The van der Waals surface area contributed by atoms with Crippen molar-refractivity contribution < 1.29 is 18.7 Å². The van der Waals surface area contributed by atoms with Crippen LogP contribution in [0.4, 0.5) is 4.39 Å². The maximum absolute atomic E-state index is 11.9. The fourth-order valence-electron chi connectivity index (χ4n) is 0.605. The van der Waals surface area contributed by atoms with Crippen molar-refractivity contribution in [2.45, 2.75) is 26.7 Å². The monoisotopic (exact) mass is 176 g/mol. The molecule has 0 saturated carbocycles. The summed E-state index contributed by atoms with van der Waals surface area (Å²) in [7, 11) is 0. The molecule has 0 spiro atoms. The highest BCUT2D eigenvalue weighted by Crippen LogP contribution is 2.05. The summed E-state index contributed by atoms with van der Waals surface area (Å²) >= 11 is 0. The van der Waals surface area contributed by atoms with Gasteiger partial charge in [-0.15, -0.1) is 0 Å². The van der Waals surface area contributed by atoms with Gasteiger partial charge in [-0.25, -0.2) is 0 Å². The van der Waals surface area contributed by atoms with Gasteiger partial charge >= 0.3 is 12.0 Å². The van der Waals surface area contributed by atoms with Gasteiger partial charge in [-0.3, -0.25) is 9.59 Å². The van der Waals surface area contributed by atoms with E-state index in [2.05, 4.69) is 4.74 Å². The van der Waals surface area contributed by atoms with Gasteiger partial charge in [0.25, 0.3) is 0 Å². The lowest BCUT2D eigenvalue weighted by Crippen LogP contribution is -2.14. The van der Waals surface area contributed by atoms with Crippen LogP contribution in [0.5, 0.6) is 0 Å². The summed E-state index contributed by atoms with van der Waals surface area (Å²) in [6, 6.07) is -1.47. The van der Waals surface area contributed by atoms with E-state index in [9.17, 15) is 14.0 Å². The normalized spacial score (nSPS) is 12.2. The second-order valence-electron chi connectivity index (χ2n) is 2.63. The van der Waals surface area contributed by atoms with Crippen molar-refractivity contribution in [1.29, 1.82) is 0 Å². The number of ether oxygens (including phenoxy) is 1. The quantitative estimate of drug-likeness (QED) is 0.470. The molecule has 1 atom stereocenters. The molecule has 1 unspecified atom stereocenters.